The summed E-state index contributed by atoms with van der Waals surface area (Å²) >= 11 is 0. The van der Waals surface area contributed by atoms with Crippen molar-refractivity contribution in [1.29, 1.82) is 0 Å². The van der Waals surface area contributed by atoms with Crippen LogP contribution in [0.25, 0.3) is 0 Å². The molecule has 2 N–H and O–H groups in total. The lowest BCUT2D eigenvalue weighted by molar-refractivity contribution is -0.384. The molecule has 1 atom stereocenters. The summed E-state index contributed by atoms with van der Waals surface area (Å²) in [5.41, 5.74) is 0.995. The van der Waals surface area contributed by atoms with Gasteiger partial charge in [0.15, 0.2) is 0 Å². The number of nitro groups is 1. The number of nitrogens with zero attached hydrogens (tertiary/aromatic N) is 2. The van der Waals surface area contributed by atoms with Gasteiger partial charge in [-0.3, -0.25) is 14.9 Å². The lowest BCUT2D eigenvalue weighted by Gasteiger charge is -2.19. The number of nitrogens with one attached hydrogen (secondary N) is 2. The second-order valence-electron chi connectivity index (χ2n) is 6.59. The minimum Gasteiger partial charge on any atom is -0.383 e. The molecule has 0 aliphatic heterocycles. The monoisotopic (exact) mass is 434 g/mol. The van der Waals surface area contributed by atoms with Crippen LogP contribution in [0.4, 0.5) is 11.4 Å². The first-order valence-corrected chi connectivity index (χ1v) is 11.0. The molecule has 0 aliphatic carbocycles. The predicted molar refractivity (Wildman–Crippen MR) is 115 cm³/mol. The summed E-state index contributed by atoms with van der Waals surface area (Å²) in [6.07, 6.45) is 0. The summed E-state index contributed by atoms with van der Waals surface area (Å²) in [7, 11) is -1.99. The predicted octanol–water partition coefficient (Wildman–Crippen LogP) is 3.16. The van der Waals surface area contributed by atoms with Gasteiger partial charge >= 0.3 is 0 Å². The van der Waals surface area contributed by atoms with Gasteiger partial charge in [-0.1, -0.05) is 26.0 Å². The van der Waals surface area contributed by atoms with Crippen LogP contribution in [0.1, 0.15) is 42.7 Å². The van der Waals surface area contributed by atoms with Crippen LogP contribution in [0.5, 0.6) is 0 Å². The van der Waals surface area contributed by atoms with Gasteiger partial charge in [-0.15, -0.1) is 0 Å². The molecule has 0 aliphatic rings. The maximum absolute atomic E-state index is 12.6. The highest BCUT2D eigenvalue weighted by molar-refractivity contribution is 7.89. The number of hydrogen-bond acceptors (Lipinski definition) is 6. The van der Waals surface area contributed by atoms with E-state index in [9.17, 15) is 23.3 Å². The Hall–Kier alpha value is -2.98. The van der Waals surface area contributed by atoms with Crippen molar-refractivity contribution in [1.82, 2.24) is 9.62 Å². The minimum absolute atomic E-state index is 0.160. The smallest absolute Gasteiger partial charge is 0.293 e. The minimum atomic E-state index is -3.55. The third-order valence-corrected chi connectivity index (χ3v) is 6.86. The van der Waals surface area contributed by atoms with Gasteiger partial charge in [0, 0.05) is 31.8 Å². The number of hydrogen-bond donors (Lipinski definition) is 2. The van der Waals surface area contributed by atoms with Crippen LogP contribution in [0.15, 0.2) is 47.4 Å². The van der Waals surface area contributed by atoms with Crippen molar-refractivity contribution in [3.8, 4) is 0 Å². The number of rotatable bonds is 9. The maximum atomic E-state index is 12.6. The van der Waals surface area contributed by atoms with Crippen LogP contribution < -0.4 is 10.6 Å². The Balaban J connectivity index is 2.18. The molecule has 0 saturated heterocycles. The summed E-state index contributed by atoms with van der Waals surface area (Å²) in [5, 5.41) is 16.7. The first-order valence-electron chi connectivity index (χ1n) is 9.52. The van der Waals surface area contributed by atoms with Crippen molar-refractivity contribution in [2.45, 2.75) is 31.7 Å². The van der Waals surface area contributed by atoms with Gasteiger partial charge in [-0.05, 0) is 36.8 Å². The first kappa shape index (κ1) is 23.3. The molecule has 2 aromatic carbocycles. The molecule has 0 heterocycles. The molecular weight excluding hydrogens is 408 g/mol. The van der Waals surface area contributed by atoms with E-state index in [1.165, 1.54) is 34.6 Å². The van der Waals surface area contributed by atoms with Crippen molar-refractivity contribution in [2.24, 2.45) is 0 Å². The normalized spacial score (nSPS) is 12.4. The number of sulfonamides is 1. The van der Waals surface area contributed by atoms with Gasteiger partial charge in [-0.25, -0.2) is 8.42 Å². The van der Waals surface area contributed by atoms with Gasteiger partial charge in [-0.2, -0.15) is 4.31 Å². The Labute approximate surface area is 176 Å². The Morgan fingerprint density at radius 3 is 2.23 bits per heavy atom. The van der Waals surface area contributed by atoms with Gasteiger partial charge in [0.2, 0.25) is 10.0 Å². The number of amides is 1. The Morgan fingerprint density at radius 2 is 1.73 bits per heavy atom. The molecule has 0 saturated carbocycles. The average Bonchev–Trinajstić information content (AvgIpc) is 2.73. The number of anilines is 1. The molecule has 0 bridgehead atoms. The molecule has 9 nitrogen and oxygen atoms in total. The van der Waals surface area contributed by atoms with E-state index < -0.39 is 26.9 Å². The van der Waals surface area contributed by atoms with E-state index in [-0.39, 0.29) is 16.1 Å². The third-order valence-electron chi connectivity index (χ3n) is 4.80. The van der Waals surface area contributed by atoms with Crippen molar-refractivity contribution < 1.29 is 18.1 Å². The maximum Gasteiger partial charge on any atom is 0.293 e. The molecular formula is C20H26N4O5S. The lowest BCUT2D eigenvalue weighted by atomic mass is 10.1. The summed E-state index contributed by atoms with van der Waals surface area (Å²) in [4.78, 5) is 23.4. The van der Waals surface area contributed by atoms with Crippen LogP contribution in [-0.2, 0) is 10.0 Å². The van der Waals surface area contributed by atoms with Crippen LogP contribution >= 0.6 is 0 Å². The molecule has 1 amide bonds. The zero-order valence-corrected chi connectivity index (χ0v) is 18.2. The number of nitro benzene ring substituents is 1. The fourth-order valence-corrected chi connectivity index (χ4v) is 4.50. The van der Waals surface area contributed by atoms with E-state index in [2.05, 4.69) is 10.6 Å². The first-order chi connectivity index (χ1) is 14.1. The van der Waals surface area contributed by atoms with Gasteiger partial charge in [0.1, 0.15) is 5.69 Å². The van der Waals surface area contributed by atoms with Gasteiger partial charge < -0.3 is 10.6 Å². The highest BCUT2D eigenvalue weighted by Gasteiger charge is 2.22. The summed E-state index contributed by atoms with van der Waals surface area (Å²) < 4.78 is 26.5. The largest absolute Gasteiger partial charge is 0.383 e. The standard InChI is InChI=1S/C20H26N4O5S/c1-5-23(6-2)30(28,29)17-10-7-15(8-11-17)14(3)22-20(25)16-9-12-18(21-4)19(13-16)24(26)27/h7-14,21H,5-6H2,1-4H3,(H,22,25). The quantitative estimate of drug-likeness (QED) is 0.462. The number of carbonyl (C=O) groups is 1. The fourth-order valence-electron chi connectivity index (χ4n) is 3.04. The SMILES string of the molecule is CCN(CC)S(=O)(=O)c1ccc(C(C)NC(=O)c2ccc(NC)c([N+](=O)[O-])c2)cc1. The van der Waals surface area contributed by atoms with Gasteiger partial charge in [0.25, 0.3) is 11.6 Å². The Kier molecular flexibility index (Phi) is 7.52. The molecule has 10 heteroatoms. The van der Waals surface area contributed by atoms with E-state index in [0.717, 1.165) is 0 Å². The Morgan fingerprint density at radius 1 is 1.13 bits per heavy atom. The fraction of sp³-hybridized carbons (Fsp3) is 0.350. The second kappa shape index (κ2) is 9.68. The molecule has 2 aromatic rings. The molecule has 2 rings (SSSR count). The third kappa shape index (κ3) is 4.95. The van der Waals surface area contributed by atoms with Crippen molar-refractivity contribution >= 4 is 27.3 Å². The molecule has 0 radical (unpaired) electrons. The molecule has 0 fully saturated rings. The molecule has 0 aromatic heterocycles. The summed E-state index contributed by atoms with van der Waals surface area (Å²) in [6.45, 7) is 6.07. The highest BCUT2D eigenvalue weighted by Crippen LogP contribution is 2.25. The number of carbonyl (C=O) groups excluding carboxylic acids is 1. The van der Waals surface area contributed by atoms with Crippen molar-refractivity contribution in [3.63, 3.8) is 0 Å². The van der Waals surface area contributed by atoms with E-state index in [1.807, 2.05) is 0 Å². The van der Waals surface area contributed by atoms with E-state index in [1.54, 1.807) is 40.0 Å². The molecule has 162 valence electrons. The zero-order valence-electron chi connectivity index (χ0n) is 17.4. The zero-order chi connectivity index (χ0) is 22.5. The lowest BCUT2D eigenvalue weighted by Crippen LogP contribution is -2.30. The molecule has 30 heavy (non-hydrogen) atoms. The van der Waals surface area contributed by atoms with Crippen LogP contribution in [0, 0.1) is 10.1 Å². The van der Waals surface area contributed by atoms with E-state index in [0.29, 0.717) is 24.3 Å². The van der Waals surface area contributed by atoms with Crippen LogP contribution in [0.3, 0.4) is 0 Å². The summed E-state index contributed by atoms with van der Waals surface area (Å²) in [5.74, 6) is -0.465. The average molecular weight is 435 g/mol. The van der Waals surface area contributed by atoms with Crippen molar-refractivity contribution in [3.05, 3.63) is 63.7 Å². The van der Waals surface area contributed by atoms with Crippen molar-refractivity contribution in [2.75, 3.05) is 25.5 Å². The highest BCUT2D eigenvalue weighted by atomic mass is 32.2. The van der Waals surface area contributed by atoms with E-state index >= 15 is 0 Å². The second-order valence-corrected chi connectivity index (χ2v) is 8.53. The molecule has 0 spiro atoms. The Bertz CT molecular complexity index is 1020. The summed E-state index contributed by atoms with van der Waals surface area (Å²) in [6, 6.07) is 10.1. The number of benzene rings is 2. The van der Waals surface area contributed by atoms with Crippen LogP contribution in [0.2, 0.25) is 0 Å². The molecule has 1 unspecified atom stereocenters. The topological polar surface area (TPSA) is 122 Å². The van der Waals surface area contributed by atoms with Crippen LogP contribution in [-0.4, -0.2) is 43.7 Å². The van der Waals surface area contributed by atoms with Gasteiger partial charge in [0.05, 0.1) is 15.9 Å². The van der Waals surface area contributed by atoms with E-state index in [4.69, 9.17) is 0 Å².